The highest BCUT2D eigenvalue weighted by Gasteiger charge is 2.71. The average molecular weight is 619 g/mol. The number of hydrogen-bond acceptors (Lipinski definition) is 8. The second kappa shape index (κ2) is 10.9. The van der Waals surface area contributed by atoms with Crippen molar-refractivity contribution in [2.45, 2.75) is 91.3 Å². The highest BCUT2D eigenvalue weighted by atomic mass is 16.6. The Morgan fingerprint density at radius 3 is 2.11 bits per heavy atom. The Kier molecular flexibility index (Phi) is 7.36. The van der Waals surface area contributed by atoms with E-state index in [0.717, 1.165) is 38.5 Å². The molecule has 10 atom stereocenters. The van der Waals surface area contributed by atoms with Crippen LogP contribution in [-0.4, -0.2) is 37.2 Å². The lowest BCUT2D eigenvalue weighted by Gasteiger charge is -2.71. The minimum absolute atomic E-state index is 0.00134. The lowest BCUT2D eigenvalue weighted by molar-refractivity contribution is -0.228. The van der Waals surface area contributed by atoms with Crippen LogP contribution >= 0.6 is 0 Å². The van der Waals surface area contributed by atoms with E-state index < -0.39 is 17.4 Å². The van der Waals surface area contributed by atoms with E-state index >= 15 is 0 Å². The largest absolute Gasteiger partial charge is 0.469 e. The third kappa shape index (κ3) is 4.48. The predicted molar refractivity (Wildman–Crippen MR) is 164 cm³/mol. The summed E-state index contributed by atoms with van der Waals surface area (Å²) in [6.07, 6.45) is 11.7. The maximum Gasteiger partial charge on any atom is 0.374 e. The zero-order valence-corrected chi connectivity index (χ0v) is 27.1. The summed E-state index contributed by atoms with van der Waals surface area (Å²) in [5.74, 6) is 0.375. The molecule has 6 aliphatic carbocycles. The Balaban J connectivity index is 1.32. The summed E-state index contributed by atoms with van der Waals surface area (Å²) in [6.45, 7) is 9.06. The van der Waals surface area contributed by atoms with Crippen molar-refractivity contribution in [3.05, 3.63) is 60.0 Å². The molecule has 242 valence electrons. The molecule has 1 spiro atoms. The summed E-state index contributed by atoms with van der Waals surface area (Å²) in [6, 6.07) is 6.68. The number of fused-ring (bicyclic) bond motifs is 1. The number of furan rings is 2. The fraction of sp³-hybridized carbons (Fsp3) is 0.649. The number of hydrogen-bond donors (Lipinski definition) is 0. The van der Waals surface area contributed by atoms with Gasteiger partial charge in [-0.2, -0.15) is 0 Å². The van der Waals surface area contributed by atoms with Crippen LogP contribution in [0, 0.1) is 51.8 Å². The molecule has 0 amide bonds. The molecule has 2 aromatic heterocycles. The highest BCUT2D eigenvalue weighted by molar-refractivity contribution is 5.87. The number of rotatable bonds is 6. The van der Waals surface area contributed by atoms with Crippen LogP contribution in [0.5, 0.6) is 0 Å². The van der Waals surface area contributed by atoms with Gasteiger partial charge in [0.2, 0.25) is 11.5 Å². The van der Waals surface area contributed by atoms with Crippen molar-refractivity contribution in [3.63, 3.8) is 0 Å². The SMILES string of the molecule is COC(=O)C1(C)CCC[C@]2(C)[C@H]3C[C@H]4C(C(C)C)=C[C@]3(CC[C@@H]12)[C@H]1[C@@H]4[C@@H](OC(=O)c2ccco2)CC[C@@H]1OC(=O)c1ccco1. The van der Waals surface area contributed by atoms with E-state index in [9.17, 15) is 14.4 Å². The first-order chi connectivity index (χ1) is 21.5. The first-order valence-corrected chi connectivity index (χ1v) is 16.8. The van der Waals surface area contributed by atoms with Gasteiger partial charge in [0.05, 0.1) is 25.1 Å². The predicted octanol–water partition coefficient (Wildman–Crippen LogP) is 7.65. The van der Waals surface area contributed by atoms with Gasteiger partial charge in [-0.3, -0.25) is 4.79 Å². The second-order valence-corrected chi connectivity index (χ2v) is 15.2. The topological polar surface area (TPSA) is 105 Å². The molecule has 45 heavy (non-hydrogen) atoms. The smallest absolute Gasteiger partial charge is 0.374 e. The zero-order valence-electron chi connectivity index (χ0n) is 27.1. The summed E-state index contributed by atoms with van der Waals surface area (Å²) in [7, 11) is 1.51. The molecule has 1 unspecified atom stereocenters. The van der Waals surface area contributed by atoms with Crippen molar-refractivity contribution >= 4 is 17.9 Å². The van der Waals surface area contributed by atoms with E-state index in [4.69, 9.17) is 23.0 Å². The van der Waals surface area contributed by atoms with Gasteiger partial charge < -0.3 is 23.0 Å². The van der Waals surface area contributed by atoms with Crippen molar-refractivity contribution in [2.24, 2.45) is 51.8 Å². The van der Waals surface area contributed by atoms with Gasteiger partial charge in [0.25, 0.3) is 0 Å². The third-order valence-electron chi connectivity index (χ3n) is 13.0. The molecule has 0 saturated heterocycles. The van der Waals surface area contributed by atoms with Gasteiger partial charge >= 0.3 is 17.9 Å². The van der Waals surface area contributed by atoms with E-state index in [0.29, 0.717) is 24.7 Å². The lowest BCUT2D eigenvalue weighted by atomic mass is 9.33. The van der Waals surface area contributed by atoms with Crippen LogP contribution in [0.25, 0.3) is 0 Å². The molecule has 0 N–H and O–H groups in total. The average Bonchev–Trinajstić information content (AvgIpc) is 3.76. The Morgan fingerprint density at radius 2 is 1.51 bits per heavy atom. The van der Waals surface area contributed by atoms with Crippen LogP contribution in [0.1, 0.15) is 100 Å². The molecule has 2 aromatic rings. The minimum Gasteiger partial charge on any atom is -0.469 e. The number of carbonyl (C=O) groups excluding carboxylic acids is 3. The molecule has 4 fully saturated rings. The van der Waals surface area contributed by atoms with Crippen molar-refractivity contribution < 1.29 is 37.4 Å². The van der Waals surface area contributed by atoms with E-state index in [1.807, 2.05) is 0 Å². The molecule has 0 aromatic carbocycles. The molecule has 8 nitrogen and oxygen atoms in total. The van der Waals surface area contributed by atoms with Crippen LogP contribution in [0.15, 0.2) is 57.3 Å². The lowest BCUT2D eigenvalue weighted by Crippen LogP contribution is -2.68. The van der Waals surface area contributed by atoms with Crippen LogP contribution in [0.2, 0.25) is 0 Å². The zero-order chi connectivity index (χ0) is 31.7. The van der Waals surface area contributed by atoms with Crippen LogP contribution in [-0.2, 0) is 19.0 Å². The van der Waals surface area contributed by atoms with Gasteiger partial charge in [-0.1, -0.05) is 38.8 Å². The molecule has 2 heterocycles. The quantitative estimate of drug-likeness (QED) is 0.185. The number of methoxy groups -OCH3 is 1. The number of allylic oxidation sites excluding steroid dienone is 2. The van der Waals surface area contributed by atoms with Crippen LogP contribution < -0.4 is 0 Å². The van der Waals surface area contributed by atoms with Crippen molar-refractivity contribution in [1.82, 2.24) is 0 Å². The summed E-state index contributed by atoms with van der Waals surface area (Å²) in [5, 5.41) is 0. The monoisotopic (exact) mass is 618 g/mol. The summed E-state index contributed by atoms with van der Waals surface area (Å²) in [4.78, 5) is 40.0. The Morgan fingerprint density at radius 1 is 0.867 bits per heavy atom. The molecule has 4 saturated carbocycles. The molecule has 8 heteroatoms. The fourth-order valence-electron chi connectivity index (χ4n) is 11.4. The molecular formula is C37H46O8. The second-order valence-electron chi connectivity index (χ2n) is 15.2. The first-order valence-electron chi connectivity index (χ1n) is 16.8. The van der Waals surface area contributed by atoms with E-state index in [2.05, 4.69) is 33.8 Å². The fourth-order valence-corrected chi connectivity index (χ4v) is 11.4. The minimum atomic E-state index is -0.525. The molecular weight excluding hydrogens is 572 g/mol. The van der Waals surface area contributed by atoms with Crippen LogP contribution in [0.4, 0.5) is 0 Å². The molecule has 0 radical (unpaired) electrons. The molecule has 6 aliphatic rings. The highest BCUT2D eigenvalue weighted by Crippen LogP contribution is 2.75. The maximum absolute atomic E-state index is 13.4. The Bertz CT molecular complexity index is 1470. The van der Waals surface area contributed by atoms with Crippen molar-refractivity contribution in [3.8, 4) is 0 Å². The summed E-state index contributed by atoms with van der Waals surface area (Å²) < 4.78 is 29.0. The third-order valence-corrected chi connectivity index (χ3v) is 13.0. The first kappa shape index (κ1) is 30.4. The number of carbonyl (C=O) groups is 3. The van der Waals surface area contributed by atoms with Gasteiger partial charge in [0.1, 0.15) is 12.2 Å². The van der Waals surface area contributed by atoms with E-state index in [1.165, 1.54) is 25.2 Å². The maximum atomic E-state index is 13.4. The Hall–Kier alpha value is -3.29. The van der Waals surface area contributed by atoms with Gasteiger partial charge in [-0.25, -0.2) is 9.59 Å². The summed E-state index contributed by atoms with van der Waals surface area (Å²) in [5.41, 5.74) is 0.554. The van der Waals surface area contributed by atoms with E-state index in [1.54, 1.807) is 24.3 Å². The Labute approximate surface area is 265 Å². The van der Waals surface area contributed by atoms with Gasteiger partial charge in [0, 0.05) is 11.8 Å². The normalized spacial score (nSPS) is 40.0. The van der Waals surface area contributed by atoms with Crippen LogP contribution in [0.3, 0.4) is 0 Å². The standard InChI is InChI=1S/C37H46O8/c1-21(2)23-20-37-16-13-28-35(3,14-8-15-36(28,4)34(40)41-5)29(37)19-22(23)30-24(44-32(38)26-9-6-17-42-26)11-12-25(31(30)37)45-33(39)27-10-7-18-43-27/h6-7,9-10,17-18,20-22,24-25,28-31H,8,11-16,19H2,1-5H3/t22-,24-,25-,28+,29+,30-,31+,35-,36?,37-/m0/s1. The summed E-state index contributed by atoms with van der Waals surface area (Å²) >= 11 is 0. The number of ether oxygens (including phenoxy) is 3. The van der Waals surface area contributed by atoms with Gasteiger partial charge in [-0.05, 0) is 111 Å². The molecule has 0 aliphatic heterocycles. The number of esters is 3. The molecule has 2 bridgehead atoms. The molecule has 8 rings (SSSR count). The van der Waals surface area contributed by atoms with Gasteiger partial charge in [0.15, 0.2) is 0 Å². The van der Waals surface area contributed by atoms with Crippen molar-refractivity contribution in [2.75, 3.05) is 7.11 Å². The van der Waals surface area contributed by atoms with Crippen molar-refractivity contribution in [1.29, 1.82) is 0 Å². The van der Waals surface area contributed by atoms with E-state index in [-0.39, 0.29) is 64.2 Å². The van der Waals surface area contributed by atoms with Gasteiger partial charge in [-0.15, -0.1) is 0 Å².